The number of halogens is 1. The Hall–Kier alpha value is -2.88. The smallest absolute Gasteiger partial charge is 0.303 e. The number of ether oxygens (including phenoxy) is 9. The quantitative estimate of drug-likeness (QED) is 0.211. The summed E-state index contributed by atoms with van der Waals surface area (Å²) in [6.07, 6.45) is -14.0. The molecular weight excluding hydrogens is 519 g/mol. The second-order valence-corrected chi connectivity index (χ2v) is 9.36. The van der Waals surface area contributed by atoms with Crippen LogP contribution in [0, 0.1) is 0 Å². The number of rotatable bonds is 8. The van der Waals surface area contributed by atoms with E-state index in [2.05, 4.69) is 0 Å². The third-order valence-electron chi connectivity index (χ3n) is 6.52. The molecule has 15 heteroatoms. The first-order valence-corrected chi connectivity index (χ1v) is 11.9. The summed E-state index contributed by atoms with van der Waals surface area (Å²) < 4.78 is 66.0. The highest BCUT2D eigenvalue weighted by molar-refractivity contribution is 5.69. The monoisotopic (exact) mass is 548 g/mol. The molecule has 0 saturated carbocycles. The molecule has 0 N–H and O–H groups in total. The molecule has 4 heterocycles. The van der Waals surface area contributed by atoms with Crippen molar-refractivity contribution in [2.45, 2.75) is 102 Å². The fourth-order valence-electron chi connectivity index (χ4n) is 5.21. The van der Waals surface area contributed by atoms with Crippen LogP contribution >= 0.6 is 0 Å². The number of hydrogen-bond donors (Lipinski definition) is 0. The predicted octanol–water partition coefficient (Wildman–Crippen LogP) is -0.725. The molecule has 0 aliphatic carbocycles. The topological polar surface area (TPSA) is 172 Å². The zero-order valence-corrected chi connectivity index (χ0v) is 21.3. The van der Waals surface area contributed by atoms with Gasteiger partial charge < -0.3 is 42.6 Å². The molecule has 0 aromatic heterocycles. The molecule has 11 atom stereocenters. The Labute approximate surface area is 216 Å². The summed E-state index contributed by atoms with van der Waals surface area (Å²) in [6.45, 7) is 4.90. The molecule has 4 saturated heterocycles. The Morgan fingerprint density at radius 3 is 1.97 bits per heavy atom. The summed E-state index contributed by atoms with van der Waals surface area (Å²) >= 11 is 0. The summed E-state index contributed by atoms with van der Waals surface area (Å²) in [5.41, 5.74) is -1.82. The van der Waals surface area contributed by atoms with Crippen LogP contribution in [0.3, 0.4) is 0 Å². The first-order valence-electron chi connectivity index (χ1n) is 11.9. The van der Waals surface area contributed by atoms with Gasteiger partial charge in [-0.15, -0.1) is 0 Å². The number of carbonyl (C=O) groups is 5. The molecule has 0 amide bonds. The third kappa shape index (κ3) is 5.32. The maximum absolute atomic E-state index is 16.7. The number of alkyl halides is 1. The Bertz CT molecular complexity index is 987. The van der Waals surface area contributed by atoms with Crippen molar-refractivity contribution >= 4 is 29.8 Å². The Morgan fingerprint density at radius 2 is 1.39 bits per heavy atom. The first kappa shape index (κ1) is 28.1. The van der Waals surface area contributed by atoms with Crippen LogP contribution in [-0.4, -0.2) is 110 Å². The Morgan fingerprint density at radius 1 is 0.816 bits per heavy atom. The van der Waals surface area contributed by atoms with Crippen LogP contribution < -0.4 is 0 Å². The minimum Gasteiger partial charge on any atom is -0.463 e. The zero-order chi connectivity index (χ0) is 27.9. The van der Waals surface area contributed by atoms with Crippen LogP contribution in [0.15, 0.2) is 0 Å². The average molecular weight is 548 g/mol. The standard InChI is InChI=1S/C23H29FO14/c1-8(25)30-6-13-15(32-9(2)26)16(33-10(3)27)17(34-11(4)28)18(36-13)19(24)23-20(35-12(5)29)14-7-31-22(37-14)21(23)38-23/h13-22H,6-7H2,1-5H3/t13-,14-,15-,16+,17-,18-,19-,20+,21+,22-,23-/m1/s1. The maximum Gasteiger partial charge on any atom is 0.303 e. The minimum absolute atomic E-state index is 0.00944. The number of carbonyl (C=O) groups excluding carboxylic acids is 5. The average Bonchev–Trinajstić information content (AvgIpc) is 3.42. The van der Waals surface area contributed by atoms with Crippen LogP contribution in [0.5, 0.6) is 0 Å². The van der Waals surface area contributed by atoms with Crippen LogP contribution in [0.4, 0.5) is 4.39 Å². The van der Waals surface area contributed by atoms with Crippen molar-refractivity contribution in [2.24, 2.45) is 0 Å². The van der Waals surface area contributed by atoms with Crippen molar-refractivity contribution in [3.05, 3.63) is 0 Å². The van der Waals surface area contributed by atoms with E-state index >= 15 is 4.39 Å². The van der Waals surface area contributed by atoms with Gasteiger partial charge in [-0.1, -0.05) is 0 Å². The number of esters is 5. The van der Waals surface area contributed by atoms with Crippen LogP contribution in [0.1, 0.15) is 34.6 Å². The van der Waals surface area contributed by atoms with Crippen molar-refractivity contribution in [3.8, 4) is 0 Å². The van der Waals surface area contributed by atoms with Gasteiger partial charge in [-0.3, -0.25) is 24.0 Å². The summed E-state index contributed by atoms with van der Waals surface area (Å²) in [5.74, 6) is -4.01. The van der Waals surface area contributed by atoms with Crippen molar-refractivity contribution in [2.75, 3.05) is 13.2 Å². The van der Waals surface area contributed by atoms with E-state index in [1.807, 2.05) is 0 Å². The second-order valence-electron chi connectivity index (χ2n) is 9.36. The summed E-state index contributed by atoms with van der Waals surface area (Å²) in [5, 5.41) is 0. The van der Waals surface area contributed by atoms with Crippen molar-refractivity contribution in [3.63, 3.8) is 0 Å². The van der Waals surface area contributed by atoms with Crippen molar-refractivity contribution in [1.82, 2.24) is 0 Å². The fourth-order valence-corrected chi connectivity index (χ4v) is 5.21. The summed E-state index contributed by atoms with van der Waals surface area (Å²) in [6, 6.07) is 0. The van der Waals surface area contributed by atoms with Gasteiger partial charge in [0, 0.05) is 34.6 Å². The van der Waals surface area contributed by atoms with E-state index in [0.717, 1.165) is 34.6 Å². The fraction of sp³-hybridized carbons (Fsp3) is 0.783. The molecule has 0 unspecified atom stereocenters. The predicted molar refractivity (Wildman–Crippen MR) is 115 cm³/mol. The summed E-state index contributed by atoms with van der Waals surface area (Å²) in [7, 11) is 0. The largest absolute Gasteiger partial charge is 0.463 e. The first-order chi connectivity index (χ1) is 17.8. The Kier molecular flexibility index (Phi) is 7.93. The molecule has 4 rings (SSSR count). The highest BCUT2D eigenvalue weighted by Gasteiger charge is 2.80. The van der Waals surface area contributed by atoms with Gasteiger partial charge in [0.25, 0.3) is 0 Å². The molecule has 0 radical (unpaired) electrons. The molecular formula is C23H29FO14. The van der Waals surface area contributed by atoms with Gasteiger partial charge in [0.05, 0.1) is 6.61 Å². The van der Waals surface area contributed by atoms with E-state index < -0.39 is 103 Å². The molecule has 2 bridgehead atoms. The molecule has 14 nitrogen and oxygen atoms in total. The van der Waals surface area contributed by atoms with Gasteiger partial charge in [-0.25, -0.2) is 4.39 Å². The number of hydrogen-bond acceptors (Lipinski definition) is 14. The summed E-state index contributed by atoms with van der Waals surface area (Å²) in [4.78, 5) is 59.4. The van der Waals surface area contributed by atoms with Crippen LogP contribution in [-0.2, 0) is 66.6 Å². The van der Waals surface area contributed by atoms with Crippen molar-refractivity contribution in [1.29, 1.82) is 0 Å². The van der Waals surface area contributed by atoms with Gasteiger partial charge >= 0.3 is 29.8 Å². The molecule has 38 heavy (non-hydrogen) atoms. The lowest BCUT2D eigenvalue weighted by atomic mass is 9.81. The molecule has 0 spiro atoms. The van der Waals surface area contributed by atoms with Crippen molar-refractivity contribution < 1.29 is 71.0 Å². The lowest BCUT2D eigenvalue weighted by Crippen LogP contribution is -2.68. The third-order valence-corrected chi connectivity index (χ3v) is 6.52. The molecule has 0 aromatic carbocycles. The zero-order valence-electron chi connectivity index (χ0n) is 21.3. The molecule has 4 fully saturated rings. The highest BCUT2D eigenvalue weighted by Crippen LogP contribution is 2.57. The van der Waals surface area contributed by atoms with E-state index in [1.54, 1.807) is 0 Å². The molecule has 0 aromatic rings. The SMILES string of the molecule is CC(=O)OC[C@H]1O[C@@H]([C@@H](F)[C@]23O[C@H]2[C@@H]2OC[C@@H](O2)[C@@H]3OC(C)=O)[C@H](OC(C)=O)[C@@H](OC(C)=O)[C@@H]1OC(C)=O. The minimum atomic E-state index is -2.19. The van der Waals surface area contributed by atoms with E-state index in [1.165, 1.54) is 0 Å². The van der Waals surface area contributed by atoms with Gasteiger partial charge in [0.2, 0.25) is 0 Å². The van der Waals surface area contributed by atoms with E-state index in [9.17, 15) is 24.0 Å². The number of fused-ring (bicyclic) bond motifs is 4. The lowest BCUT2D eigenvalue weighted by molar-refractivity contribution is -0.268. The molecule has 212 valence electrons. The molecule has 4 aliphatic heterocycles. The van der Waals surface area contributed by atoms with E-state index in [0.29, 0.717) is 0 Å². The second kappa shape index (κ2) is 10.7. The van der Waals surface area contributed by atoms with Gasteiger partial charge in [-0.2, -0.15) is 0 Å². The van der Waals surface area contributed by atoms with Crippen LogP contribution in [0.25, 0.3) is 0 Å². The van der Waals surface area contributed by atoms with Crippen LogP contribution in [0.2, 0.25) is 0 Å². The van der Waals surface area contributed by atoms with Gasteiger partial charge in [0.1, 0.15) is 31.0 Å². The highest BCUT2D eigenvalue weighted by atomic mass is 19.1. The normalized spacial score (nSPS) is 39.7. The van der Waals surface area contributed by atoms with Gasteiger partial charge in [0.15, 0.2) is 42.5 Å². The Balaban J connectivity index is 1.74. The van der Waals surface area contributed by atoms with E-state index in [4.69, 9.17) is 42.6 Å². The maximum atomic E-state index is 16.7. The number of epoxide rings is 1. The van der Waals surface area contributed by atoms with Gasteiger partial charge in [-0.05, 0) is 0 Å². The lowest BCUT2D eigenvalue weighted by Gasteiger charge is -2.46. The van der Waals surface area contributed by atoms with E-state index in [-0.39, 0.29) is 6.61 Å². The molecule has 4 aliphatic rings.